The minimum Gasteiger partial charge on any atom is -0.384 e. The highest BCUT2D eigenvalue weighted by molar-refractivity contribution is 5.32. The highest BCUT2D eigenvalue weighted by atomic mass is 14.8. The fourth-order valence-corrected chi connectivity index (χ4v) is 2.12. The van der Waals surface area contributed by atoms with Crippen LogP contribution in [0.4, 0.5) is 5.82 Å². The van der Waals surface area contributed by atoms with Crippen LogP contribution in [0.3, 0.4) is 0 Å². The molecule has 3 nitrogen and oxygen atoms in total. The number of nitrogens with two attached hydrogens (primary N) is 2. The summed E-state index contributed by atoms with van der Waals surface area (Å²) < 4.78 is 0. The number of aromatic nitrogens is 1. The van der Waals surface area contributed by atoms with Gasteiger partial charge in [0.1, 0.15) is 5.82 Å². The summed E-state index contributed by atoms with van der Waals surface area (Å²) in [5, 5.41) is 0. The molecule has 0 aliphatic carbocycles. The van der Waals surface area contributed by atoms with Gasteiger partial charge in [-0.15, -0.1) is 0 Å². The number of hydrogen-bond acceptors (Lipinski definition) is 3. The maximum Gasteiger partial charge on any atom is 0.123 e. The van der Waals surface area contributed by atoms with Crippen LogP contribution in [-0.4, -0.2) is 11.0 Å². The van der Waals surface area contributed by atoms with E-state index in [1.54, 1.807) is 6.20 Å². The van der Waals surface area contributed by atoms with Gasteiger partial charge in [-0.1, -0.05) is 24.3 Å². The van der Waals surface area contributed by atoms with Gasteiger partial charge in [-0.3, -0.25) is 0 Å². The minimum absolute atomic E-state index is 0.105. The first-order chi connectivity index (χ1) is 8.65. The van der Waals surface area contributed by atoms with Crippen LogP contribution >= 0.6 is 0 Å². The molecule has 0 bridgehead atoms. The molecule has 2 aromatic rings. The Hall–Kier alpha value is -1.87. The van der Waals surface area contributed by atoms with E-state index in [1.165, 1.54) is 11.1 Å². The molecule has 1 unspecified atom stereocenters. The predicted octanol–water partition coefficient (Wildman–Crippen LogP) is 2.08. The zero-order valence-corrected chi connectivity index (χ0v) is 10.6. The minimum atomic E-state index is 0.105. The largest absolute Gasteiger partial charge is 0.384 e. The molecule has 0 radical (unpaired) electrons. The maximum atomic E-state index is 6.20. The molecule has 0 fully saturated rings. The molecule has 0 spiro atoms. The third-order valence-corrected chi connectivity index (χ3v) is 3.09. The van der Waals surface area contributed by atoms with Crippen molar-refractivity contribution in [3.8, 4) is 0 Å². The summed E-state index contributed by atoms with van der Waals surface area (Å²) in [6.07, 6.45) is 3.43. The molecule has 0 amide bonds. The Morgan fingerprint density at radius 2 is 1.94 bits per heavy atom. The van der Waals surface area contributed by atoms with E-state index in [0.29, 0.717) is 5.82 Å². The molecular formula is C15H19N3. The summed E-state index contributed by atoms with van der Waals surface area (Å²) in [4.78, 5) is 3.98. The lowest BCUT2D eigenvalue weighted by Gasteiger charge is -2.13. The molecule has 3 heteroatoms. The van der Waals surface area contributed by atoms with Crippen LogP contribution in [-0.2, 0) is 12.8 Å². The van der Waals surface area contributed by atoms with Gasteiger partial charge < -0.3 is 11.5 Å². The Bertz CT molecular complexity index is 523. The highest BCUT2D eigenvalue weighted by Gasteiger charge is 2.07. The second-order valence-electron chi connectivity index (χ2n) is 4.68. The van der Waals surface area contributed by atoms with Crippen LogP contribution in [0, 0.1) is 6.92 Å². The van der Waals surface area contributed by atoms with Crippen molar-refractivity contribution in [1.29, 1.82) is 0 Å². The third kappa shape index (κ3) is 3.31. The lowest BCUT2D eigenvalue weighted by molar-refractivity contribution is 0.662. The van der Waals surface area contributed by atoms with Crippen LogP contribution < -0.4 is 11.5 Å². The van der Waals surface area contributed by atoms with Gasteiger partial charge in [0.25, 0.3) is 0 Å². The molecule has 0 saturated heterocycles. The van der Waals surface area contributed by atoms with Gasteiger partial charge in [0, 0.05) is 12.2 Å². The summed E-state index contributed by atoms with van der Waals surface area (Å²) in [7, 11) is 0. The van der Waals surface area contributed by atoms with E-state index in [0.717, 1.165) is 18.4 Å². The van der Waals surface area contributed by atoms with Gasteiger partial charge in [-0.2, -0.15) is 0 Å². The van der Waals surface area contributed by atoms with Crippen molar-refractivity contribution in [1.82, 2.24) is 4.98 Å². The average molecular weight is 241 g/mol. The Kier molecular flexibility index (Phi) is 3.95. The zero-order chi connectivity index (χ0) is 13.0. The van der Waals surface area contributed by atoms with E-state index in [1.807, 2.05) is 18.2 Å². The van der Waals surface area contributed by atoms with Gasteiger partial charge in [-0.25, -0.2) is 4.98 Å². The lowest BCUT2D eigenvalue weighted by Crippen LogP contribution is -2.25. The van der Waals surface area contributed by atoms with Crippen molar-refractivity contribution < 1.29 is 0 Å². The molecule has 0 saturated carbocycles. The van der Waals surface area contributed by atoms with Crippen LogP contribution in [0.1, 0.15) is 16.7 Å². The number of nitrogens with zero attached hydrogens (tertiary/aromatic N) is 1. The maximum absolute atomic E-state index is 6.20. The van der Waals surface area contributed by atoms with Gasteiger partial charge in [0.2, 0.25) is 0 Å². The molecule has 0 aliphatic heterocycles. The van der Waals surface area contributed by atoms with Gasteiger partial charge in [-0.05, 0) is 48.6 Å². The third-order valence-electron chi connectivity index (χ3n) is 3.09. The molecular weight excluding hydrogens is 222 g/mol. The summed E-state index contributed by atoms with van der Waals surface area (Å²) in [5.41, 5.74) is 15.6. The van der Waals surface area contributed by atoms with E-state index in [4.69, 9.17) is 11.5 Å². The van der Waals surface area contributed by atoms with Crippen molar-refractivity contribution in [3.05, 3.63) is 59.3 Å². The van der Waals surface area contributed by atoms with E-state index < -0.39 is 0 Å². The normalized spacial score (nSPS) is 12.3. The Morgan fingerprint density at radius 1 is 1.17 bits per heavy atom. The Morgan fingerprint density at radius 3 is 2.67 bits per heavy atom. The number of nitrogen functional groups attached to an aromatic ring is 1. The molecule has 1 heterocycles. The smallest absolute Gasteiger partial charge is 0.123 e. The van der Waals surface area contributed by atoms with Crippen LogP contribution in [0.5, 0.6) is 0 Å². The fourth-order valence-electron chi connectivity index (χ4n) is 2.12. The first-order valence-corrected chi connectivity index (χ1v) is 6.15. The van der Waals surface area contributed by atoms with Crippen LogP contribution in [0.25, 0.3) is 0 Å². The molecule has 1 aromatic heterocycles. The molecule has 2 rings (SSSR count). The summed E-state index contributed by atoms with van der Waals surface area (Å²) in [5.74, 6) is 0.551. The number of hydrogen-bond donors (Lipinski definition) is 2. The van der Waals surface area contributed by atoms with Crippen molar-refractivity contribution in [2.24, 2.45) is 5.73 Å². The number of pyridine rings is 1. The molecule has 4 N–H and O–H groups in total. The quantitative estimate of drug-likeness (QED) is 0.861. The number of rotatable bonds is 4. The second kappa shape index (κ2) is 5.65. The summed E-state index contributed by atoms with van der Waals surface area (Å²) >= 11 is 0. The van der Waals surface area contributed by atoms with Gasteiger partial charge >= 0.3 is 0 Å². The molecule has 0 aliphatic rings. The Balaban J connectivity index is 2.01. The fraction of sp³-hybridized carbons (Fsp3) is 0.267. The van der Waals surface area contributed by atoms with Gasteiger partial charge in [0.15, 0.2) is 0 Å². The monoisotopic (exact) mass is 241 g/mol. The molecule has 1 aromatic carbocycles. The zero-order valence-electron chi connectivity index (χ0n) is 10.6. The first-order valence-electron chi connectivity index (χ1n) is 6.15. The van der Waals surface area contributed by atoms with Crippen molar-refractivity contribution >= 4 is 5.82 Å². The predicted molar refractivity (Wildman–Crippen MR) is 75.2 cm³/mol. The van der Waals surface area contributed by atoms with Crippen LogP contribution in [0.2, 0.25) is 0 Å². The first kappa shape index (κ1) is 12.6. The van der Waals surface area contributed by atoms with E-state index in [-0.39, 0.29) is 6.04 Å². The lowest BCUT2D eigenvalue weighted by atomic mass is 9.97. The van der Waals surface area contributed by atoms with Crippen LogP contribution in [0.15, 0.2) is 42.6 Å². The van der Waals surface area contributed by atoms with Crippen molar-refractivity contribution in [2.45, 2.75) is 25.8 Å². The summed E-state index contributed by atoms with van der Waals surface area (Å²) in [6.45, 7) is 2.12. The number of anilines is 1. The second-order valence-corrected chi connectivity index (χ2v) is 4.68. The number of benzene rings is 1. The highest BCUT2D eigenvalue weighted by Crippen LogP contribution is 2.12. The van der Waals surface area contributed by atoms with E-state index in [2.05, 4.69) is 30.1 Å². The summed E-state index contributed by atoms with van der Waals surface area (Å²) in [6, 6.07) is 12.3. The molecule has 1 atom stereocenters. The standard InChI is InChI=1S/C15H19N3/c1-11-4-2-3-5-13(11)10-14(16)8-12-6-7-18-15(17)9-12/h2-7,9,14H,8,10,16H2,1H3,(H2,17,18). The van der Waals surface area contributed by atoms with Gasteiger partial charge in [0.05, 0.1) is 0 Å². The van der Waals surface area contributed by atoms with Crippen molar-refractivity contribution in [3.63, 3.8) is 0 Å². The molecule has 94 valence electrons. The topological polar surface area (TPSA) is 64.9 Å². The Labute approximate surface area is 108 Å². The number of aryl methyl sites for hydroxylation is 1. The van der Waals surface area contributed by atoms with E-state index in [9.17, 15) is 0 Å². The molecule has 18 heavy (non-hydrogen) atoms. The van der Waals surface area contributed by atoms with Crippen molar-refractivity contribution in [2.75, 3.05) is 5.73 Å². The average Bonchev–Trinajstić information content (AvgIpc) is 2.32. The van der Waals surface area contributed by atoms with E-state index >= 15 is 0 Å². The SMILES string of the molecule is Cc1ccccc1CC(N)Cc1ccnc(N)c1.